The number of carbonyl (C=O) groups excluding carboxylic acids is 3. The summed E-state index contributed by atoms with van der Waals surface area (Å²) in [4.78, 5) is 54.9. The van der Waals surface area contributed by atoms with Crippen molar-refractivity contribution in [3.8, 4) is 17.1 Å². The number of piperazine rings is 1. The van der Waals surface area contributed by atoms with Gasteiger partial charge < -0.3 is 30.2 Å². The fraction of sp³-hybridized carbons (Fsp3) is 0.367. The first-order chi connectivity index (χ1) is 20.2. The summed E-state index contributed by atoms with van der Waals surface area (Å²) in [5.74, 6) is 0.157. The van der Waals surface area contributed by atoms with Gasteiger partial charge in [0.1, 0.15) is 23.3 Å². The molecule has 0 unspecified atom stereocenters. The summed E-state index contributed by atoms with van der Waals surface area (Å²) in [6.07, 6.45) is -0.598. The molecule has 12 nitrogen and oxygen atoms in total. The normalized spacial score (nSPS) is 14.2. The Balaban J connectivity index is 1.55. The molecule has 1 saturated heterocycles. The molecule has 0 spiro atoms. The minimum Gasteiger partial charge on any atom is -0.508 e. The van der Waals surface area contributed by atoms with Crippen LogP contribution in [0, 0.1) is 0 Å². The van der Waals surface area contributed by atoms with Gasteiger partial charge in [-0.2, -0.15) is 0 Å². The molecular weight excluding hydrogens is 540 g/mol. The molecule has 42 heavy (non-hydrogen) atoms. The minimum atomic E-state index is -0.920. The van der Waals surface area contributed by atoms with E-state index in [1.807, 2.05) is 44.2 Å². The van der Waals surface area contributed by atoms with Gasteiger partial charge in [0.25, 0.3) is 5.91 Å². The van der Waals surface area contributed by atoms with Gasteiger partial charge in [0.05, 0.1) is 19.7 Å². The first-order valence-electron chi connectivity index (χ1n) is 13.9. The highest BCUT2D eigenvalue weighted by molar-refractivity contribution is 5.97. The number of hydrogen-bond donors (Lipinski definition) is 3. The Morgan fingerprint density at radius 1 is 0.976 bits per heavy atom. The summed E-state index contributed by atoms with van der Waals surface area (Å²) >= 11 is 0. The summed E-state index contributed by atoms with van der Waals surface area (Å²) < 4.78 is 4.82. The molecule has 3 aromatic rings. The van der Waals surface area contributed by atoms with Gasteiger partial charge in [0, 0.05) is 37.2 Å². The zero-order chi connectivity index (χ0) is 30.1. The van der Waals surface area contributed by atoms with Crippen molar-refractivity contribution in [1.29, 1.82) is 0 Å². The van der Waals surface area contributed by atoms with Gasteiger partial charge in [-0.3, -0.25) is 9.59 Å². The molecule has 0 saturated carbocycles. The number of nitrogens with one attached hydrogen (secondary N) is 2. The monoisotopic (exact) mass is 576 g/mol. The van der Waals surface area contributed by atoms with Gasteiger partial charge in [-0.15, -0.1) is 5.06 Å². The van der Waals surface area contributed by atoms with Gasteiger partial charge in [0.15, 0.2) is 5.82 Å². The lowest BCUT2D eigenvalue weighted by atomic mass is 10.0. The van der Waals surface area contributed by atoms with Crippen LogP contribution in [0.15, 0.2) is 60.7 Å². The van der Waals surface area contributed by atoms with Crippen molar-refractivity contribution < 1.29 is 29.1 Å². The number of amides is 2. The van der Waals surface area contributed by atoms with Crippen LogP contribution in [0.2, 0.25) is 0 Å². The van der Waals surface area contributed by atoms with Crippen molar-refractivity contribution in [1.82, 2.24) is 25.2 Å². The SMILES string of the molecule is CCOC(=O)ON1CCN(C(=O)[C@H](Cc2ccc(O)cc2)NC(=O)c2cc(NC(C)C)nc(-c3ccccc3)n2)CC1. The van der Waals surface area contributed by atoms with Gasteiger partial charge >= 0.3 is 6.16 Å². The highest BCUT2D eigenvalue weighted by Crippen LogP contribution is 2.19. The van der Waals surface area contributed by atoms with Crippen molar-refractivity contribution in [3.63, 3.8) is 0 Å². The molecule has 3 N–H and O–H groups in total. The van der Waals surface area contributed by atoms with Crippen LogP contribution in [0.3, 0.4) is 0 Å². The van der Waals surface area contributed by atoms with E-state index in [-0.39, 0.29) is 49.5 Å². The largest absolute Gasteiger partial charge is 0.527 e. The van der Waals surface area contributed by atoms with E-state index in [9.17, 15) is 19.5 Å². The average molecular weight is 577 g/mol. The summed E-state index contributed by atoms with van der Waals surface area (Å²) in [6, 6.07) is 16.5. The second kappa shape index (κ2) is 14.3. The Kier molecular flexibility index (Phi) is 10.3. The van der Waals surface area contributed by atoms with E-state index in [1.165, 1.54) is 17.2 Å². The van der Waals surface area contributed by atoms with E-state index in [0.29, 0.717) is 24.7 Å². The molecule has 1 aromatic heterocycles. The molecule has 1 atom stereocenters. The Morgan fingerprint density at radius 3 is 2.31 bits per heavy atom. The van der Waals surface area contributed by atoms with Crippen LogP contribution in [0.1, 0.15) is 36.8 Å². The molecular formula is C30H36N6O6. The standard InChI is InChI=1S/C30H36N6O6/c1-4-41-30(40)42-36-16-14-35(15-17-36)29(39)25(18-21-10-12-23(37)13-11-21)33-28(38)24-19-26(31-20(2)3)34-27(32-24)22-8-6-5-7-9-22/h5-13,19-20,25,37H,4,14-18H2,1-3H3,(H,33,38)(H,31,32,34)/t25-/m0/s1. The summed E-state index contributed by atoms with van der Waals surface area (Å²) in [7, 11) is 0. The molecule has 1 aliphatic heterocycles. The number of aromatic hydroxyl groups is 1. The van der Waals surface area contributed by atoms with Crippen LogP contribution in [0.5, 0.6) is 5.75 Å². The lowest BCUT2D eigenvalue weighted by molar-refractivity contribution is -0.157. The number of ether oxygens (including phenoxy) is 1. The first kappa shape index (κ1) is 30.3. The lowest BCUT2D eigenvalue weighted by Crippen LogP contribution is -2.55. The van der Waals surface area contributed by atoms with Crippen LogP contribution in [0.25, 0.3) is 11.4 Å². The second-order valence-electron chi connectivity index (χ2n) is 10.1. The van der Waals surface area contributed by atoms with Crippen LogP contribution in [-0.4, -0.2) is 87.9 Å². The molecule has 222 valence electrons. The minimum absolute atomic E-state index is 0.0646. The summed E-state index contributed by atoms with van der Waals surface area (Å²) in [6.45, 7) is 6.97. The van der Waals surface area contributed by atoms with E-state index in [0.717, 1.165) is 11.1 Å². The van der Waals surface area contributed by atoms with Crippen molar-refractivity contribution in [3.05, 3.63) is 71.9 Å². The van der Waals surface area contributed by atoms with E-state index in [4.69, 9.17) is 9.57 Å². The second-order valence-corrected chi connectivity index (χ2v) is 10.1. The smallest absolute Gasteiger partial charge is 0.508 e. The zero-order valence-corrected chi connectivity index (χ0v) is 23.9. The summed E-state index contributed by atoms with van der Waals surface area (Å²) in [5, 5.41) is 17.3. The highest BCUT2D eigenvalue weighted by Gasteiger charge is 2.31. The topological polar surface area (TPSA) is 146 Å². The van der Waals surface area contributed by atoms with Crippen molar-refractivity contribution >= 4 is 23.8 Å². The fourth-order valence-electron chi connectivity index (χ4n) is 4.42. The zero-order valence-electron chi connectivity index (χ0n) is 23.9. The van der Waals surface area contributed by atoms with Gasteiger partial charge in [-0.25, -0.2) is 14.8 Å². The third-order valence-electron chi connectivity index (χ3n) is 6.42. The third-order valence-corrected chi connectivity index (χ3v) is 6.42. The first-order valence-corrected chi connectivity index (χ1v) is 13.9. The number of aromatic nitrogens is 2. The fourth-order valence-corrected chi connectivity index (χ4v) is 4.42. The number of hydrogen-bond acceptors (Lipinski definition) is 10. The molecule has 1 fully saturated rings. The molecule has 0 bridgehead atoms. The third kappa shape index (κ3) is 8.40. The molecule has 12 heteroatoms. The predicted octanol–water partition coefficient (Wildman–Crippen LogP) is 3.24. The number of phenolic OH excluding ortho intramolecular Hbond substituents is 1. The van der Waals surface area contributed by atoms with Crippen LogP contribution < -0.4 is 10.6 Å². The number of benzene rings is 2. The number of anilines is 1. The van der Waals surface area contributed by atoms with E-state index >= 15 is 0 Å². The molecule has 2 amide bonds. The maximum atomic E-state index is 13.7. The van der Waals surface area contributed by atoms with Crippen LogP contribution in [-0.2, 0) is 20.8 Å². The number of rotatable bonds is 10. The lowest BCUT2D eigenvalue weighted by Gasteiger charge is -2.35. The number of hydroxylamine groups is 2. The Hall–Kier alpha value is -4.71. The van der Waals surface area contributed by atoms with E-state index < -0.39 is 18.1 Å². The molecule has 1 aliphatic rings. The Bertz CT molecular complexity index is 1360. The number of nitrogens with zero attached hydrogens (tertiary/aromatic N) is 4. The van der Waals surface area contributed by atoms with Crippen molar-refractivity contribution in [2.75, 3.05) is 38.1 Å². The maximum Gasteiger partial charge on any atom is 0.527 e. The molecule has 0 aliphatic carbocycles. The van der Waals surface area contributed by atoms with E-state index in [1.54, 1.807) is 30.0 Å². The average Bonchev–Trinajstić information content (AvgIpc) is 2.98. The van der Waals surface area contributed by atoms with Gasteiger partial charge in [0.2, 0.25) is 5.91 Å². The number of carbonyl (C=O) groups is 3. The van der Waals surface area contributed by atoms with Crippen LogP contribution in [0.4, 0.5) is 10.6 Å². The van der Waals surface area contributed by atoms with Crippen molar-refractivity contribution in [2.45, 2.75) is 39.3 Å². The van der Waals surface area contributed by atoms with Gasteiger partial charge in [-0.1, -0.05) is 42.5 Å². The molecule has 0 radical (unpaired) electrons. The molecule has 2 heterocycles. The molecule has 4 rings (SSSR count). The quantitative estimate of drug-likeness (QED) is 0.308. The van der Waals surface area contributed by atoms with Crippen molar-refractivity contribution in [2.24, 2.45) is 0 Å². The van der Waals surface area contributed by atoms with Gasteiger partial charge in [-0.05, 0) is 38.5 Å². The summed E-state index contributed by atoms with van der Waals surface area (Å²) in [5.41, 5.74) is 1.62. The molecule has 2 aromatic carbocycles. The maximum absolute atomic E-state index is 13.7. The highest BCUT2D eigenvalue weighted by atomic mass is 16.8. The van der Waals surface area contributed by atoms with E-state index in [2.05, 4.69) is 20.6 Å². The predicted molar refractivity (Wildman–Crippen MR) is 156 cm³/mol. The van der Waals surface area contributed by atoms with Crippen LogP contribution >= 0.6 is 0 Å². The number of phenols is 1. The Labute approximate surface area is 244 Å². The Morgan fingerprint density at radius 2 is 1.67 bits per heavy atom.